The highest BCUT2D eigenvalue weighted by molar-refractivity contribution is 6.36. The molecular weight excluding hydrogens is 313 g/mol. The number of likely N-dealkylation sites (tertiary alicyclic amines) is 1. The van der Waals surface area contributed by atoms with Crippen molar-refractivity contribution in [2.75, 3.05) is 6.54 Å². The number of amides is 1. The van der Waals surface area contributed by atoms with Gasteiger partial charge < -0.3 is 10.0 Å². The van der Waals surface area contributed by atoms with Gasteiger partial charge in [-0.1, -0.05) is 29.3 Å². The van der Waals surface area contributed by atoms with Gasteiger partial charge in [0, 0.05) is 22.6 Å². The van der Waals surface area contributed by atoms with Crippen LogP contribution in [-0.4, -0.2) is 34.5 Å². The van der Waals surface area contributed by atoms with E-state index in [4.69, 9.17) is 28.3 Å². The summed E-state index contributed by atoms with van der Waals surface area (Å²) in [7, 11) is 0. The van der Waals surface area contributed by atoms with Crippen molar-refractivity contribution in [2.24, 2.45) is 0 Å². The molecule has 1 heterocycles. The first-order valence-corrected chi connectivity index (χ1v) is 7.68. The van der Waals surface area contributed by atoms with Crippen molar-refractivity contribution in [2.45, 2.75) is 38.1 Å². The fraction of sp³-hybridized carbons (Fsp3) is 0.467. The van der Waals surface area contributed by atoms with Crippen LogP contribution in [0.3, 0.4) is 0 Å². The molecule has 2 rings (SSSR count). The lowest BCUT2D eigenvalue weighted by atomic mass is 9.98. The SMILES string of the molecule is O=C(O)CC1CCCCN1C(=O)Cc1c(Cl)cccc1Cl. The molecule has 1 saturated heterocycles. The Labute approximate surface area is 133 Å². The molecule has 114 valence electrons. The minimum Gasteiger partial charge on any atom is -0.481 e. The Morgan fingerprint density at radius 1 is 1.24 bits per heavy atom. The Kier molecular flexibility index (Phi) is 5.48. The molecule has 1 aliphatic rings. The first-order chi connectivity index (χ1) is 9.99. The number of piperidine rings is 1. The Morgan fingerprint density at radius 2 is 1.90 bits per heavy atom. The van der Waals surface area contributed by atoms with Gasteiger partial charge >= 0.3 is 5.97 Å². The average molecular weight is 330 g/mol. The number of carboxylic acids is 1. The van der Waals surface area contributed by atoms with Crippen LogP contribution in [0.5, 0.6) is 0 Å². The third kappa shape index (κ3) is 4.11. The summed E-state index contributed by atoms with van der Waals surface area (Å²) in [6.45, 7) is 0.596. The van der Waals surface area contributed by atoms with E-state index in [0.717, 1.165) is 19.3 Å². The minimum atomic E-state index is -0.879. The number of carbonyl (C=O) groups is 2. The van der Waals surface area contributed by atoms with Crippen LogP contribution in [0.4, 0.5) is 0 Å². The van der Waals surface area contributed by atoms with Crippen molar-refractivity contribution in [3.63, 3.8) is 0 Å². The normalized spacial score (nSPS) is 18.6. The lowest BCUT2D eigenvalue weighted by molar-refractivity contribution is -0.141. The second-order valence-corrected chi connectivity index (χ2v) is 6.03. The largest absolute Gasteiger partial charge is 0.481 e. The van der Waals surface area contributed by atoms with E-state index in [0.29, 0.717) is 22.2 Å². The highest BCUT2D eigenvalue weighted by Gasteiger charge is 2.28. The lowest BCUT2D eigenvalue weighted by Crippen LogP contribution is -2.45. The Bertz CT molecular complexity index is 527. The number of nitrogens with zero attached hydrogens (tertiary/aromatic N) is 1. The average Bonchev–Trinajstić information content (AvgIpc) is 2.43. The van der Waals surface area contributed by atoms with Gasteiger partial charge in [-0.3, -0.25) is 9.59 Å². The molecule has 6 heteroatoms. The Balaban J connectivity index is 2.12. The van der Waals surface area contributed by atoms with Crippen molar-refractivity contribution >= 4 is 35.1 Å². The van der Waals surface area contributed by atoms with Gasteiger partial charge in [0.1, 0.15) is 0 Å². The first-order valence-electron chi connectivity index (χ1n) is 6.93. The Hall–Kier alpha value is -1.26. The van der Waals surface area contributed by atoms with Crippen LogP contribution in [0.1, 0.15) is 31.2 Å². The molecular formula is C15H17Cl2NO3. The maximum absolute atomic E-state index is 12.5. The van der Waals surface area contributed by atoms with Gasteiger partial charge in [0.2, 0.25) is 5.91 Å². The summed E-state index contributed by atoms with van der Waals surface area (Å²) in [4.78, 5) is 25.1. The molecule has 1 atom stereocenters. The third-order valence-electron chi connectivity index (χ3n) is 3.75. The molecule has 1 unspecified atom stereocenters. The zero-order valence-corrected chi connectivity index (χ0v) is 13.0. The van der Waals surface area contributed by atoms with E-state index < -0.39 is 5.97 Å². The van der Waals surface area contributed by atoms with Crippen LogP contribution >= 0.6 is 23.2 Å². The van der Waals surface area contributed by atoms with E-state index >= 15 is 0 Å². The maximum Gasteiger partial charge on any atom is 0.305 e. The van der Waals surface area contributed by atoms with Crippen LogP contribution in [0.25, 0.3) is 0 Å². The minimum absolute atomic E-state index is 0.0119. The molecule has 4 nitrogen and oxygen atoms in total. The molecule has 1 amide bonds. The number of halogens is 2. The number of rotatable bonds is 4. The van der Waals surface area contributed by atoms with Crippen molar-refractivity contribution < 1.29 is 14.7 Å². The summed E-state index contributed by atoms with van der Waals surface area (Å²) in [5, 5.41) is 9.88. The molecule has 1 aliphatic heterocycles. The maximum atomic E-state index is 12.5. The van der Waals surface area contributed by atoms with E-state index in [1.54, 1.807) is 23.1 Å². The second-order valence-electron chi connectivity index (χ2n) is 5.21. The number of hydrogen-bond acceptors (Lipinski definition) is 2. The zero-order valence-electron chi connectivity index (χ0n) is 11.5. The van der Waals surface area contributed by atoms with E-state index in [2.05, 4.69) is 0 Å². The monoisotopic (exact) mass is 329 g/mol. The van der Waals surface area contributed by atoms with Gasteiger partial charge in [0.05, 0.1) is 12.8 Å². The van der Waals surface area contributed by atoms with Crippen molar-refractivity contribution in [3.8, 4) is 0 Å². The first kappa shape index (κ1) is 16.1. The molecule has 0 bridgehead atoms. The summed E-state index contributed by atoms with van der Waals surface area (Å²) in [5.41, 5.74) is 0.602. The second kappa shape index (κ2) is 7.14. The smallest absolute Gasteiger partial charge is 0.305 e. The van der Waals surface area contributed by atoms with Gasteiger partial charge in [0.15, 0.2) is 0 Å². The highest BCUT2D eigenvalue weighted by Crippen LogP contribution is 2.27. The summed E-state index contributed by atoms with van der Waals surface area (Å²) in [6.07, 6.45) is 2.68. The summed E-state index contributed by atoms with van der Waals surface area (Å²) in [6, 6.07) is 4.89. The highest BCUT2D eigenvalue weighted by atomic mass is 35.5. The zero-order chi connectivity index (χ0) is 15.4. The number of carbonyl (C=O) groups excluding carboxylic acids is 1. The predicted octanol–water partition coefficient (Wildman–Crippen LogP) is 3.39. The summed E-state index contributed by atoms with van der Waals surface area (Å²) < 4.78 is 0. The number of benzene rings is 1. The lowest BCUT2D eigenvalue weighted by Gasteiger charge is -2.35. The van der Waals surface area contributed by atoms with Crippen LogP contribution < -0.4 is 0 Å². The van der Waals surface area contributed by atoms with Crippen molar-refractivity contribution in [3.05, 3.63) is 33.8 Å². The van der Waals surface area contributed by atoms with E-state index in [9.17, 15) is 9.59 Å². The van der Waals surface area contributed by atoms with Crippen molar-refractivity contribution in [1.29, 1.82) is 0 Å². The van der Waals surface area contributed by atoms with E-state index in [1.165, 1.54) is 0 Å². The predicted molar refractivity (Wildman–Crippen MR) is 81.8 cm³/mol. The Morgan fingerprint density at radius 3 is 2.52 bits per heavy atom. The standard InChI is InChI=1S/C15H17Cl2NO3/c16-12-5-3-6-13(17)11(12)9-14(19)18-7-2-1-4-10(18)8-15(20)21/h3,5-6,10H,1-2,4,7-9H2,(H,20,21). The number of carboxylic acid groups (broad SMARTS) is 1. The fourth-order valence-corrected chi connectivity index (χ4v) is 3.23. The topological polar surface area (TPSA) is 57.6 Å². The van der Waals surface area contributed by atoms with Crippen LogP contribution in [0.2, 0.25) is 10.0 Å². The van der Waals surface area contributed by atoms with Gasteiger partial charge in [-0.05, 0) is 37.0 Å². The van der Waals surface area contributed by atoms with Gasteiger partial charge in [-0.25, -0.2) is 0 Å². The molecule has 1 N–H and O–H groups in total. The van der Waals surface area contributed by atoms with Crippen LogP contribution in [0, 0.1) is 0 Å². The number of hydrogen-bond donors (Lipinski definition) is 1. The molecule has 0 radical (unpaired) electrons. The van der Waals surface area contributed by atoms with Crippen LogP contribution in [0.15, 0.2) is 18.2 Å². The van der Waals surface area contributed by atoms with Gasteiger partial charge in [-0.2, -0.15) is 0 Å². The molecule has 1 aromatic rings. The molecule has 0 aromatic heterocycles. The van der Waals surface area contributed by atoms with Gasteiger partial charge in [-0.15, -0.1) is 0 Å². The molecule has 1 aromatic carbocycles. The quantitative estimate of drug-likeness (QED) is 0.921. The molecule has 0 saturated carbocycles. The summed E-state index contributed by atoms with van der Waals surface area (Å²) >= 11 is 12.2. The molecule has 0 aliphatic carbocycles. The molecule has 0 spiro atoms. The van der Waals surface area contributed by atoms with E-state index in [-0.39, 0.29) is 24.8 Å². The van der Waals surface area contributed by atoms with Gasteiger partial charge in [0.25, 0.3) is 0 Å². The fourth-order valence-electron chi connectivity index (χ4n) is 2.70. The molecule has 1 fully saturated rings. The number of aliphatic carboxylic acids is 1. The van der Waals surface area contributed by atoms with Crippen LogP contribution in [-0.2, 0) is 16.0 Å². The third-order valence-corrected chi connectivity index (χ3v) is 4.46. The summed E-state index contributed by atoms with van der Waals surface area (Å²) in [5.74, 6) is -0.994. The van der Waals surface area contributed by atoms with Crippen molar-refractivity contribution in [1.82, 2.24) is 4.90 Å². The molecule has 21 heavy (non-hydrogen) atoms. The van der Waals surface area contributed by atoms with E-state index in [1.807, 2.05) is 0 Å².